The lowest BCUT2D eigenvalue weighted by atomic mass is 10.2. The van der Waals surface area contributed by atoms with E-state index in [9.17, 15) is 4.39 Å². The monoisotopic (exact) mass is 210 g/mol. The highest BCUT2D eigenvalue weighted by Gasteiger charge is 2.07. The normalized spacial score (nSPS) is 13.4. The van der Waals surface area contributed by atoms with Crippen LogP contribution >= 0.6 is 11.3 Å². The van der Waals surface area contributed by atoms with E-state index in [4.69, 9.17) is 5.84 Å². The lowest BCUT2D eigenvalue weighted by Gasteiger charge is -2.04. The molecule has 0 aliphatic heterocycles. The van der Waals surface area contributed by atoms with Gasteiger partial charge in [-0.2, -0.15) is 0 Å². The molecule has 0 saturated heterocycles. The minimum absolute atomic E-state index is 0.107. The Labute approximate surface area is 85.5 Å². The van der Waals surface area contributed by atoms with Gasteiger partial charge >= 0.3 is 0 Å². The summed E-state index contributed by atoms with van der Waals surface area (Å²) in [6.07, 6.45) is 0. The van der Waals surface area contributed by atoms with E-state index >= 15 is 0 Å². The number of nitrogens with two attached hydrogens (primary N) is 1. The van der Waals surface area contributed by atoms with Crippen LogP contribution in [0, 0.1) is 5.82 Å². The number of hydrazine groups is 1. The first-order chi connectivity index (χ1) is 6.70. The summed E-state index contributed by atoms with van der Waals surface area (Å²) in [4.78, 5) is 1.12. The van der Waals surface area contributed by atoms with E-state index in [1.165, 1.54) is 6.07 Å². The number of fused-ring (bicyclic) bond motifs is 1. The molecule has 1 aromatic carbocycles. The Balaban J connectivity index is 2.51. The van der Waals surface area contributed by atoms with Crippen LogP contribution < -0.4 is 11.3 Å². The first kappa shape index (κ1) is 9.58. The number of nitrogens with one attached hydrogen (secondary N) is 1. The van der Waals surface area contributed by atoms with Crippen LogP contribution in [0.15, 0.2) is 24.3 Å². The molecule has 0 bridgehead atoms. The maximum absolute atomic E-state index is 12.9. The highest BCUT2D eigenvalue weighted by atomic mass is 32.1. The zero-order chi connectivity index (χ0) is 10.1. The van der Waals surface area contributed by atoms with Crippen LogP contribution in [-0.2, 0) is 0 Å². The number of hydrogen-bond acceptors (Lipinski definition) is 3. The highest BCUT2D eigenvalue weighted by molar-refractivity contribution is 7.19. The Bertz CT molecular complexity index is 452. The fourth-order valence-electron chi connectivity index (χ4n) is 1.32. The molecule has 1 atom stereocenters. The Morgan fingerprint density at radius 2 is 2.21 bits per heavy atom. The van der Waals surface area contributed by atoms with Crippen molar-refractivity contribution in [3.05, 3.63) is 35.0 Å². The molecule has 74 valence electrons. The van der Waals surface area contributed by atoms with Gasteiger partial charge in [-0.15, -0.1) is 11.3 Å². The molecule has 0 aliphatic carbocycles. The van der Waals surface area contributed by atoms with Crippen molar-refractivity contribution < 1.29 is 4.39 Å². The fourth-order valence-corrected chi connectivity index (χ4v) is 2.42. The number of hydrogen-bond donors (Lipinski definition) is 2. The molecule has 4 heteroatoms. The van der Waals surface area contributed by atoms with E-state index in [0.29, 0.717) is 0 Å². The second kappa shape index (κ2) is 3.65. The van der Waals surface area contributed by atoms with Gasteiger partial charge in [-0.25, -0.2) is 4.39 Å². The first-order valence-electron chi connectivity index (χ1n) is 4.36. The Kier molecular flexibility index (Phi) is 2.50. The average molecular weight is 210 g/mol. The van der Waals surface area contributed by atoms with Gasteiger partial charge in [-0.05, 0) is 30.5 Å². The van der Waals surface area contributed by atoms with Crippen LogP contribution in [0.25, 0.3) is 10.1 Å². The van der Waals surface area contributed by atoms with Gasteiger partial charge in [0.25, 0.3) is 0 Å². The van der Waals surface area contributed by atoms with Crippen molar-refractivity contribution in [2.24, 2.45) is 5.84 Å². The van der Waals surface area contributed by atoms with Gasteiger partial charge in [0.1, 0.15) is 5.82 Å². The van der Waals surface area contributed by atoms with Crippen LogP contribution in [0.1, 0.15) is 17.8 Å². The van der Waals surface area contributed by atoms with Crippen molar-refractivity contribution in [2.75, 3.05) is 0 Å². The molecule has 0 aliphatic rings. The second-order valence-corrected chi connectivity index (χ2v) is 4.33. The molecule has 1 aromatic heterocycles. The first-order valence-corrected chi connectivity index (χ1v) is 5.17. The Morgan fingerprint density at radius 3 is 2.93 bits per heavy atom. The van der Waals surface area contributed by atoms with Crippen LogP contribution in [0.2, 0.25) is 0 Å². The molecule has 2 rings (SSSR count). The molecule has 0 saturated carbocycles. The lowest BCUT2D eigenvalue weighted by Crippen LogP contribution is -2.24. The van der Waals surface area contributed by atoms with E-state index in [1.807, 2.05) is 13.0 Å². The summed E-state index contributed by atoms with van der Waals surface area (Å²) in [6, 6.07) is 6.94. The van der Waals surface area contributed by atoms with Crippen LogP contribution in [0.4, 0.5) is 4.39 Å². The van der Waals surface area contributed by atoms with E-state index in [-0.39, 0.29) is 11.9 Å². The van der Waals surface area contributed by atoms with Gasteiger partial charge in [-0.3, -0.25) is 11.3 Å². The van der Waals surface area contributed by atoms with Crippen molar-refractivity contribution in [3.63, 3.8) is 0 Å². The second-order valence-electron chi connectivity index (χ2n) is 3.22. The highest BCUT2D eigenvalue weighted by Crippen LogP contribution is 2.29. The molecule has 0 radical (unpaired) electrons. The van der Waals surface area contributed by atoms with Crippen molar-refractivity contribution >= 4 is 21.4 Å². The smallest absolute Gasteiger partial charge is 0.124 e. The zero-order valence-electron chi connectivity index (χ0n) is 7.75. The van der Waals surface area contributed by atoms with E-state index in [0.717, 1.165) is 15.0 Å². The molecule has 1 heterocycles. The fraction of sp³-hybridized carbons (Fsp3) is 0.200. The van der Waals surface area contributed by atoms with Crippen molar-refractivity contribution in [1.29, 1.82) is 0 Å². The standard InChI is InChI=1S/C10H11FN2S/c1-6(13-12)9-4-7-2-3-8(11)5-10(7)14-9/h2-6,13H,12H2,1H3. The Hall–Kier alpha value is -0.970. The molecule has 2 nitrogen and oxygen atoms in total. The third kappa shape index (κ3) is 1.64. The van der Waals surface area contributed by atoms with Crippen molar-refractivity contribution in [1.82, 2.24) is 5.43 Å². The number of thiophene rings is 1. The molecule has 0 spiro atoms. The molecule has 0 fully saturated rings. The third-order valence-corrected chi connectivity index (χ3v) is 3.46. The average Bonchev–Trinajstić information content (AvgIpc) is 2.59. The molecule has 3 N–H and O–H groups in total. The minimum atomic E-state index is -0.195. The van der Waals surface area contributed by atoms with Crippen molar-refractivity contribution in [3.8, 4) is 0 Å². The van der Waals surface area contributed by atoms with Crippen LogP contribution in [0.3, 0.4) is 0 Å². The molecular formula is C10H11FN2S. The van der Waals surface area contributed by atoms with Gasteiger partial charge < -0.3 is 0 Å². The maximum atomic E-state index is 12.9. The summed E-state index contributed by atoms with van der Waals surface area (Å²) in [5.41, 5.74) is 2.67. The minimum Gasteiger partial charge on any atom is -0.271 e. The quantitative estimate of drug-likeness (QED) is 0.590. The summed E-state index contributed by atoms with van der Waals surface area (Å²) >= 11 is 1.56. The SMILES string of the molecule is CC(NN)c1cc2ccc(F)cc2s1. The zero-order valence-corrected chi connectivity index (χ0v) is 8.57. The molecule has 1 unspecified atom stereocenters. The number of halogens is 1. The molecule has 14 heavy (non-hydrogen) atoms. The van der Waals surface area contributed by atoms with Crippen LogP contribution in [0.5, 0.6) is 0 Å². The predicted molar refractivity (Wildman–Crippen MR) is 57.5 cm³/mol. The topological polar surface area (TPSA) is 38.0 Å². The number of rotatable bonds is 2. The Morgan fingerprint density at radius 1 is 1.43 bits per heavy atom. The third-order valence-electron chi connectivity index (χ3n) is 2.18. The predicted octanol–water partition coefficient (Wildman–Crippen LogP) is 2.56. The molecule has 2 aromatic rings. The number of benzene rings is 1. The maximum Gasteiger partial charge on any atom is 0.124 e. The summed E-state index contributed by atoms with van der Waals surface area (Å²) in [5.74, 6) is 5.14. The van der Waals surface area contributed by atoms with E-state index in [1.54, 1.807) is 23.5 Å². The summed E-state index contributed by atoms with van der Waals surface area (Å²) in [6.45, 7) is 1.97. The lowest BCUT2D eigenvalue weighted by molar-refractivity contribution is 0.612. The molecular weight excluding hydrogens is 199 g/mol. The largest absolute Gasteiger partial charge is 0.271 e. The van der Waals surface area contributed by atoms with Gasteiger partial charge in [0.05, 0.1) is 6.04 Å². The van der Waals surface area contributed by atoms with Gasteiger partial charge in [0.2, 0.25) is 0 Å². The van der Waals surface area contributed by atoms with E-state index in [2.05, 4.69) is 5.43 Å². The van der Waals surface area contributed by atoms with Gasteiger partial charge in [0.15, 0.2) is 0 Å². The summed E-state index contributed by atoms with van der Waals surface area (Å²) in [5, 5.41) is 1.06. The van der Waals surface area contributed by atoms with E-state index < -0.39 is 0 Å². The summed E-state index contributed by atoms with van der Waals surface area (Å²) in [7, 11) is 0. The van der Waals surface area contributed by atoms with Crippen LogP contribution in [-0.4, -0.2) is 0 Å². The van der Waals surface area contributed by atoms with Gasteiger partial charge in [0, 0.05) is 9.58 Å². The van der Waals surface area contributed by atoms with Crippen molar-refractivity contribution in [2.45, 2.75) is 13.0 Å². The van der Waals surface area contributed by atoms with Gasteiger partial charge in [-0.1, -0.05) is 6.07 Å². The molecule has 0 amide bonds. The summed E-state index contributed by atoms with van der Waals surface area (Å²) < 4.78 is 13.9.